The lowest BCUT2D eigenvalue weighted by Crippen LogP contribution is -2.60. The normalized spacial score (nSPS) is 41.4. The van der Waals surface area contributed by atoms with Gasteiger partial charge in [0, 0.05) is 35.5 Å². The molecule has 6 rings (SSSR count). The Morgan fingerprint density at radius 1 is 1.04 bits per heavy atom. The van der Waals surface area contributed by atoms with Crippen LogP contribution in [-0.2, 0) is 14.3 Å². The number of hydrogen-bond donors (Lipinski definition) is 0. The Balaban J connectivity index is 1.61. The molecule has 1 aromatic rings. The molecule has 0 N–H and O–H groups in total. The molecule has 0 bridgehead atoms. The largest absolute Gasteiger partial charge is 0.465 e. The van der Waals surface area contributed by atoms with Crippen molar-refractivity contribution in [2.75, 3.05) is 13.6 Å². The number of rotatable bonds is 0. The molecule has 6 nitrogen and oxygen atoms in total. The fraction of sp³-hybridized carbons (Fsp3) is 0.550. The van der Waals surface area contributed by atoms with Crippen LogP contribution in [0.2, 0.25) is 0 Å². The fourth-order valence-electron chi connectivity index (χ4n) is 5.55. The van der Waals surface area contributed by atoms with E-state index in [9.17, 15) is 4.79 Å². The molecule has 0 unspecified atom stereocenters. The highest BCUT2D eigenvalue weighted by Gasteiger charge is 2.66. The number of ketones is 1. The predicted octanol–water partition coefficient (Wildman–Crippen LogP) is 2.97. The van der Waals surface area contributed by atoms with Crippen LogP contribution in [0.25, 0.3) is 0 Å². The number of allylic oxidation sites excluding steroid dienone is 1. The summed E-state index contributed by atoms with van der Waals surface area (Å²) in [5.74, 6) is 2.54. The van der Waals surface area contributed by atoms with E-state index in [1.807, 2.05) is 12.1 Å². The van der Waals surface area contributed by atoms with E-state index in [1.165, 1.54) is 0 Å². The van der Waals surface area contributed by atoms with Gasteiger partial charge in [0.2, 0.25) is 6.79 Å². The first-order chi connectivity index (χ1) is 12.6. The summed E-state index contributed by atoms with van der Waals surface area (Å²) in [7, 11) is 0. The van der Waals surface area contributed by atoms with Crippen molar-refractivity contribution in [3.05, 3.63) is 29.5 Å². The highest BCUT2D eigenvalue weighted by molar-refractivity contribution is 5.94. The first-order valence-corrected chi connectivity index (χ1v) is 9.24. The smallest absolute Gasteiger partial charge is 0.276 e. The summed E-state index contributed by atoms with van der Waals surface area (Å²) in [6, 6.07) is 3.92. The molecule has 6 atom stereocenters. The van der Waals surface area contributed by atoms with Crippen molar-refractivity contribution in [3.8, 4) is 17.2 Å². The lowest BCUT2D eigenvalue weighted by atomic mass is 9.55. The van der Waals surface area contributed by atoms with Gasteiger partial charge in [-0.15, -0.1) is 0 Å². The van der Waals surface area contributed by atoms with Crippen LogP contribution in [0.1, 0.15) is 31.7 Å². The Morgan fingerprint density at radius 2 is 1.85 bits per heavy atom. The van der Waals surface area contributed by atoms with Gasteiger partial charge in [0.05, 0.1) is 0 Å². The van der Waals surface area contributed by atoms with Crippen molar-refractivity contribution < 1.29 is 28.5 Å². The van der Waals surface area contributed by atoms with Gasteiger partial charge in [0.15, 0.2) is 29.8 Å². The first kappa shape index (κ1) is 14.9. The quantitative estimate of drug-likeness (QED) is 0.712. The molecule has 2 aliphatic carbocycles. The van der Waals surface area contributed by atoms with Gasteiger partial charge in [-0.05, 0) is 24.3 Å². The minimum absolute atomic E-state index is 0.0865. The minimum Gasteiger partial charge on any atom is -0.465 e. The SMILES string of the molecule is C[C@H]1[C@@H]2c3cc4c(cc3O[C@]35OCOC3=CC(=O)[C@@H](C[C@@H]1C)[C@@H]25)OCO4. The lowest BCUT2D eigenvalue weighted by Gasteiger charge is -2.54. The van der Waals surface area contributed by atoms with Gasteiger partial charge >= 0.3 is 0 Å². The van der Waals surface area contributed by atoms with Crippen LogP contribution in [0.5, 0.6) is 17.2 Å². The number of carbonyl (C=O) groups excluding carboxylic acids is 1. The second-order valence-corrected chi connectivity index (χ2v) is 8.06. The molecule has 5 aliphatic rings. The highest BCUT2D eigenvalue weighted by Crippen LogP contribution is 2.63. The standard InChI is InChI=1S/C20H20O6/c1-9-3-11-13(21)5-17-20(25-8-24-17)19(11)18(10(9)2)12-4-15-16(23-7-22-15)6-14(12)26-20/h4-6,9-11,18-19H,3,7-8H2,1-2H3/t9-,10+,11+,18+,19-,20+/m0/s1. The van der Waals surface area contributed by atoms with E-state index in [0.717, 1.165) is 23.5 Å². The second kappa shape index (κ2) is 4.74. The molecular weight excluding hydrogens is 336 g/mol. The van der Waals surface area contributed by atoms with E-state index in [0.29, 0.717) is 23.3 Å². The van der Waals surface area contributed by atoms with E-state index in [2.05, 4.69) is 13.8 Å². The summed E-state index contributed by atoms with van der Waals surface area (Å²) < 4.78 is 29.3. The molecule has 0 radical (unpaired) electrons. The maximum absolute atomic E-state index is 12.8. The van der Waals surface area contributed by atoms with Gasteiger partial charge in [0.1, 0.15) is 5.75 Å². The molecule has 1 aromatic carbocycles. The summed E-state index contributed by atoms with van der Waals surface area (Å²) in [6.07, 6.45) is 2.44. The van der Waals surface area contributed by atoms with Gasteiger partial charge in [-0.3, -0.25) is 9.53 Å². The Labute approximate surface area is 151 Å². The van der Waals surface area contributed by atoms with E-state index in [4.69, 9.17) is 23.7 Å². The third-order valence-corrected chi connectivity index (χ3v) is 6.94. The van der Waals surface area contributed by atoms with Crippen molar-refractivity contribution in [1.29, 1.82) is 0 Å². The van der Waals surface area contributed by atoms with E-state index >= 15 is 0 Å². The van der Waals surface area contributed by atoms with Crippen molar-refractivity contribution in [2.24, 2.45) is 23.7 Å². The first-order valence-electron chi connectivity index (χ1n) is 9.24. The van der Waals surface area contributed by atoms with Crippen molar-refractivity contribution in [1.82, 2.24) is 0 Å². The number of fused-ring (bicyclic) bond motifs is 3. The molecule has 1 spiro atoms. The number of ether oxygens (including phenoxy) is 5. The van der Waals surface area contributed by atoms with Crippen LogP contribution in [0.4, 0.5) is 0 Å². The fourth-order valence-corrected chi connectivity index (χ4v) is 5.55. The van der Waals surface area contributed by atoms with Gasteiger partial charge < -0.3 is 18.9 Å². The molecular formula is C20H20O6. The highest BCUT2D eigenvalue weighted by atomic mass is 16.8. The molecule has 3 heterocycles. The van der Waals surface area contributed by atoms with Gasteiger partial charge in [-0.2, -0.15) is 0 Å². The predicted molar refractivity (Wildman–Crippen MR) is 88.7 cm³/mol. The summed E-state index contributed by atoms with van der Waals surface area (Å²) in [4.78, 5) is 12.8. The van der Waals surface area contributed by atoms with E-state index < -0.39 is 5.79 Å². The van der Waals surface area contributed by atoms with Crippen LogP contribution in [-0.4, -0.2) is 25.2 Å². The van der Waals surface area contributed by atoms with E-state index in [-0.39, 0.29) is 37.1 Å². The number of hydrogen-bond acceptors (Lipinski definition) is 6. The molecule has 136 valence electrons. The molecule has 6 heteroatoms. The zero-order valence-electron chi connectivity index (χ0n) is 14.7. The Kier molecular flexibility index (Phi) is 2.72. The lowest BCUT2D eigenvalue weighted by molar-refractivity contribution is -0.212. The number of benzene rings is 1. The van der Waals surface area contributed by atoms with Crippen LogP contribution >= 0.6 is 0 Å². The Bertz CT molecular complexity index is 860. The van der Waals surface area contributed by atoms with Crippen molar-refractivity contribution in [2.45, 2.75) is 32.0 Å². The average Bonchev–Trinajstić information content (AvgIpc) is 3.23. The summed E-state index contributed by atoms with van der Waals surface area (Å²) in [6.45, 7) is 4.82. The van der Waals surface area contributed by atoms with Crippen molar-refractivity contribution in [3.63, 3.8) is 0 Å². The summed E-state index contributed by atoms with van der Waals surface area (Å²) >= 11 is 0. The maximum atomic E-state index is 12.8. The maximum Gasteiger partial charge on any atom is 0.276 e. The minimum atomic E-state index is -1.00. The molecule has 0 amide bonds. The molecule has 1 saturated heterocycles. The average molecular weight is 356 g/mol. The zero-order valence-corrected chi connectivity index (χ0v) is 14.7. The molecule has 3 aliphatic heterocycles. The third-order valence-electron chi connectivity index (χ3n) is 6.94. The molecule has 1 saturated carbocycles. The van der Waals surface area contributed by atoms with Gasteiger partial charge in [-0.25, -0.2) is 0 Å². The zero-order chi connectivity index (χ0) is 17.6. The number of carbonyl (C=O) groups is 1. The van der Waals surface area contributed by atoms with Gasteiger partial charge in [-0.1, -0.05) is 13.8 Å². The van der Waals surface area contributed by atoms with Crippen LogP contribution in [0, 0.1) is 23.7 Å². The molecule has 2 fully saturated rings. The summed E-state index contributed by atoms with van der Waals surface area (Å²) in [5.41, 5.74) is 1.08. The second-order valence-electron chi connectivity index (χ2n) is 8.06. The molecule has 0 aromatic heterocycles. The van der Waals surface area contributed by atoms with Crippen LogP contribution in [0.15, 0.2) is 24.0 Å². The summed E-state index contributed by atoms with van der Waals surface area (Å²) in [5, 5.41) is 0. The van der Waals surface area contributed by atoms with E-state index in [1.54, 1.807) is 6.08 Å². The Morgan fingerprint density at radius 3 is 2.69 bits per heavy atom. The Hall–Kier alpha value is -2.21. The molecule has 26 heavy (non-hydrogen) atoms. The van der Waals surface area contributed by atoms with Gasteiger partial charge in [0.25, 0.3) is 5.79 Å². The third kappa shape index (κ3) is 1.64. The monoisotopic (exact) mass is 356 g/mol. The van der Waals surface area contributed by atoms with Crippen LogP contribution in [0.3, 0.4) is 0 Å². The topological polar surface area (TPSA) is 63.2 Å². The van der Waals surface area contributed by atoms with Crippen LogP contribution < -0.4 is 14.2 Å². The van der Waals surface area contributed by atoms with Crippen molar-refractivity contribution >= 4 is 5.78 Å².